The molecule has 0 radical (unpaired) electrons. The topological polar surface area (TPSA) is 90.7 Å². The van der Waals surface area contributed by atoms with Crippen LogP contribution < -0.4 is 15.0 Å². The summed E-state index contributed by atoms with van der Waals surface area (Å²) in [6, 6.07) is 9.18. The van der Waals surface area contributed by atoms with Crippen LogP contribution in [0.5, 0.6) is 11.5 Å². The second-order valence-corrected chi connectivity index (χ2v) is 5.00. The van der Waals surface area contributed by atoms with Crippen LogP contribution in [0.15, 0.2) is 47.5 Å². The molecule has 0 saturated heterocycles. The molecule has 1 heterocycles. The number of rotatable bonds is 4. The summed E-state index contributed by atoms with van der Waals surface area (Å²) in [5, 5.41) is 9.32. The van der Waals surface area contributed by atoms with Gasteiger partial charge in [-0.2, -0.15) is 0 Å². The Balaban J connectivity index is 2.18. The predicted molar refractivity (Wildman–Crippen MR) is 87.4 cm³/mol. The summed E-state index contributed by atoms with van der Waals surface area (Å²) in [4.78, 5) is 27.9. The van der Waals surface area contributed by atoms with Crippen molar-refractivity contribution in [2.24, 2.45) is 0 Å². The van der Waals surface area contributed by atoms with Crippen molar-refractivity contribution in [3.05, 3.63) is 58.6 Å². The van der Waals surface area contributed by atoms with Gasteiger partial charge in [-0.05, 0) is 30.3 Å². The average molecular weight is 326 g/mol. The monoisotopic (exact) mass is 326 g/mol. The Morgan fingerprint density at radius 2 is 1.71 bits per heavy atom. The molecular weight excluding hydrogens is 312 g/mol. The third kappa shape index (κ3) is 2.56. The van der Waals surface area contributed by atoms with Crippen molar-refractivity contribution in [3.63, 3.8) is 0 Å². The normalized spacial score (nSPS) is 10.6. The number of ether oxygens (including phenoxy) is 2. The van der Waals surface area contributed by atoms with Crippen LogP contribution >= 0.6 is 0 Å². The van der Waals surface area contributed by atoms with E-state index < -0.39 is 5.97 Å². The molecule has 0 unspecified atom stereocenters. The molecule has 2 aromatic carbocycles. The zero-order valence-corrected chi connectivity index (χ0v) is 13.0. The van der Waals surface area contributed by atoms with Crippen LogP contribution in [0.1, 0.15) is 10.4 Å². The van der Waals surface area contributed by atoms with Gasteiger partial charge in [0.05, 0.1) is 36.4 Å². The molecule has 0 atom stereocenters. The number of hydrogen-bond donors (Lipinski definition) is 1. The molecule has 0 spiro atoms. The average Bonchev–Trinajstić information content (AvgIpc) is 2.61. The molecule has 3 aromatic rings. The number of carboxylic acid groups (broad SMARTS) is 1. The highest BCUT2D eigenvalue weighted by Gasteiger charge is 2.12. The number of nitrogens with zero attached hydrogens (tertiary/aromatic N) is 2. The predicted octanol–water partition coefficient (Wildman–Crippen LogP) is 2.10. The van der Waals surface area contributed by atoms with E-state index in [0.717, 1.165) is 0 Å². The summed E-state index contributed by atoms with van der Waals surface area (Å²) < 4.78 is 11.8. The molecule has 0 aliphatic heterocycles. The fourth-order valence-corrected chi connectivity index (χ4v) is 2.40. The van der Waals surface area contributed by atoms with Crippen molar-refractivity contribution in [1.82, 2.24) is 9.55 Å². The second-order valence-electron chi connectivity index (χ2n) is 5.00. The summed E-state index contributed by atoms with van der Waals surface area (Å²) in [5.74, 6) is -0.106. The molecule has 0 amide bonds. The number of carboxylic acids is 1. The van der Waals surface area contributed by atoms with Gasteiger partial charge in [-0.25, -0.2) is 9.78 Å². The van der Waals surface area contributed by atoms with Crippen LogP contribution in [0.3, 0.4) is 0 Å². The van der Waals surface area contributed by atoms with Gasteiger partial charge >= 0.3 is 5.97 Å². The number of aromatic nitrogens is 2. The fourth-order valence-electron chi connectivity index (χ4n) is 2.40. The van der Waals surface area contributed by atoms with Crippen molar-refractivity contribution in [2.45, 2.75) is 0 Å². The van der Waals surface area contributed by atoms with Crippen molar-refractivity contribution < 1.29 is 19.4 Å². The zero-order chi connectivity index (χ0) is 17.3. The maximum Gasteiger partial charge on any atom is 0.335 e. The quantitative estimate of drug-likeness (QED) is 0.789. The molecule has 0 saturated carbocycles. The summed E-state index contributed by atoms with van der Waals surface area (Å²) in [7, 11) is 3.00. The first kappa shape index (κ1) is 15.5. The molecule has 0 aliphatic carbocycles. The maximum atomic E-state index is 12.7. The van der Waals surface area contributed by atoms with Gasteiger partial charge in [-0.1, -0.05) is 0 Å². The largest absolute Gasteiger partial charge is 0.493 e. The fraction of sp³-hybridized carbons (Fsp3) is 0.118. The van der Waals surface area contributed by atoms with Crippen LogP contribution in [0.2, 0.25) is 0 Å². The molecule has 0 aliphatic rings. The standard InChI is InChI=1S/C17H14N2O5/c1-23-14-7-12-13(8-15(14)24-2)18-9-19(16(12)20)11-5-3-10(4-6-11)17(21)22/h3-9H,1-2H3,(H,21,22). The Labute approximate surface area is 136 Å². The van der Waals surface area contributed by atoms with E-state index in [1.165, 1.54) is 37.2 Å². The van der Waals surface area contributed by atoms with Crippen LogP contribution in [0.4, 0.5) is 0 Å². The maximum absolute atomic E-state index is 12.7. The SMILES string of the molecule is COc1cc2ncn(-c3ccc(C(=O)O)cc3)c(=O)c2cc1OC. The van der Waals surface area contributed by atoms with E-state index in [1.807, 2.05) is 0 Å². The molecule has 3 rings (SSSR count). The Kier molecular flexibility index (Phi) is 3.91. The molecule has 1 aromatic heterocycles. The number of methoxy groups -OCH3 is 2. The summed E-state index contributed by atoms with van der Waals surface area (Å²) in [5.41, 5.74) is 0.862. The van der Waals surface area contributed by atoms with Crippen LogP contribution in [-0.4, -0.2) is 34.8 Å². The Hall–Kier alpha value is -3.35. The van der Waals surface area contributed by atoms with E-state index in [1.54, 1.807) is 24.3 Å². The van der Waals surface area contributed by atoms with Crippen molar-refractivity contribution >= 4 is 16.9 Å². The number of hydrogen-bond acceptors (Lipinski definition) is 5. The Morgan fingerprint density at radius 3 is 2.29 bits per heavy atom. The lowest BCUT2D eigenvalue weighted by Crippen LogP contribution is -2.19. The Morgan fingerprint density at radius 1 is 1.08 bits per heavy atom. The smallest absolute Gasteiger partial charge is 0.335 e. The van der Waals surface area contributed by atoms with Gasteiger partial charge in [-0.3, -0.25) is 9.36 Å². The third-order valence-electron chi connectivity index (χ3n) is 3.66. The van der Waals surface area contributed by atoms with Crippen molar-refractivity contribution in [2.75, 3.05) is 14.2 Å². The molecule has 0 bridgehead atoms. The lowest BCUT2D eigenvalue weighted by molar-refractivity contribution is 0.0697. The lowest BCUT2D eigenvalue weighted by atomic mass is 10.2. The van der Waals surface area contributed by atoms with E-state index in [2.05, 4.69) is 4.98 Å². The first-order chi connectivity index (χ1) is 11.5. The highest BCUT2D eigenvalue weighted by atomic mass is 16.5. The summed E-state index contributed by atoms with van der Waals surface area (Å²) >= 11 is 0. The first-order valence-electron chi connectivity index (χ1n) is 7.02. The van der Waals surface area contributed by atoms with Gasteiger partial charge in [0.15, 0.2) is 11.5 Å². The van der Waals surface area contributed by atoms with E-state index in [0.29, 0.717) is 28.1 Å². The lowest BCUT2D eigenvalue weighted by Gasteiger charge is -2.10. The van der Waals surface area contributed by atoms with Gasteiger partial charge < -0.3 is 14.6 Å². The van der Waals surface area contributed by atoms with Crippen LogP contribution in [0.25, 0.3) is 16.6 Å². The van der Waals surface area contributed by atoms with Crippen molar-refractivity contribution in [3.8, 4) is 17.2 Å². The minimum atomic E-state index is -1.03. The molecule has 0 fully saturated rings. The minimum absolute atomic E-state index is 0.145. The number of aromatic carboxylic acids is 1. The van der Waals surface area contributed by atoms with Gasteiger partial charge in [-0.15, -0.1) is 0 Å². The Bertz CT molecular complexity index is 977. The van der Waals surface area contributed by atoms with E-state index in [4.69, 9.17) is 14.6 Å². The minimum Gasteiger partial charge on any atom is -0.493 e. The summed E-state index contributed by atoms with van der Waals surface area (Å²) in [6.07, 6.45) is 1.40. The highest BCUT2D eigenvalue weighted by Crippen LogP contribution is 2.29. The van der Waals surface area contributed by atoms with Gasteiger partial charge in [0.2, 0.25) is 0 Å². The first-order valence-corrected chi connectivity index (χ1v) is 7.02. The molecule has 7 heteroatoms. The second kappa shape index (κ2) is 6.04. The van der Waals surface area contributed by atoms with Crippen LogP contribution in [0, 0.1) is 0 Å². The van der Waals surface area contributed by atoms with E-state index >= 15 is 0 Å². The van der Waals surface area contributed by atoms with Gasteiger partial charge in [0.1, 0.15) is 6.33 Å². The van der Waals surface area contributed by atoms with Crippen molar-refractivity contribution in [1.29, 1.82) is 0 Å². The number of fused-ring (bicyclic) bond motifs is 1. The molecule has 7 nitrogen and oxygen atoms in total. The van der Waals surface area contributed by atoms with E-state index in [9.17, 15) is 9.59 Å². The van der Waals surface area contributed by atoms with E-state index in [-0.39, 0.29) is 11.1 Å². The molecule has 122 valence electrons. The van der Waals surface area contributed by atoms with Gasteiger partial charge in [0.25, 0.3) is 5.56 Å². The molecule has 1 N–H and O–H groups in total. The zero-order valence-electron chi connectivity index (χ0n) is 13.0. The summed E-state index contributed by atoms with van der Waals surface area (Å²) in [6.45, 7) is 0. The van der Waals surface area contributed by atoms with Gasteiger partial charge in [0, 0.05) is 6.07 Å². The number of benzene rings is 2. The highest BCUT2D eigenvalue weighted by molar-refractivity contribution is 5.87. The van der Waals surface area contributed by atoms with Crippen LogP contribution in [-0.2, 0) is 0 Å². The number of carbonyl (C=O) groups is 1. The molecule has 24 heavy (non-hydrogen) atoms. The third-order valence-corrected chi connectivity index (χ3v) is 3.66. The molecular formula is C17H14N2O5.